The number of nitriles is 2. The summed E-state index contributed by atoms with van der Waals surface area (Å²) in [5.74, 6) is 2.87. The van der Waals surface area contributed by atoms with Crippen LogP contribution in [0.25, 0.3) is 45.0 Å². The van der Waals surface area contributed by atoms with Gasteiger partial charge < -0.3 is 14.5 Å². The predicted octanol–water partition coefficient (Wildman–Crippen LogP) is 13.6. The van der Waals surface area contributed by atoms with Crippen LogP contribution >= 0.6 is 43.5 Å². The summed E-state index contributed by atoms with van der Waals surface area (Å²) < 4.78 is 13.5. The molecule has 0 radical (unpaired) electrons. The Balaban J connectivity index is 0.000000177. The van der Waals surface area contributed by atoms with Crippen LogP contribution in [0.5, 0.6) is 23.0 Å². The number of aromatic nitrogens is 2. The van der Waals surface area contributed by atoms with E-state index >= 15 is 0 Å². The number of para-hydroxylation sites is 2. The molecule has 8 aromatic rings. The van der Waals surface area contributed by atoms with E-state index in [0.29, 0.717) is 44.9 Å². The predicted molar refractivity (Wildman–Crippen MR) is 236 cm³/mol. The molecule has 280 valence electrons. The Morgan fingerprint density at radius 3 is 1.57 bits per heavy atom. The highest BCUT2D eigenvalue weighted by molar-refractivity contribution is 9.10. The van der Waals surface area contributed by atoms with Crippen LogP contribution in [-0.4, -0.2) is 9.97 Å². The van der Waals surface area contributed by atoms with Crippen molar-refractivity contribution in [2.24, 2.45) is 0 Å². The van der Waals surface area contributed by atoms with Gasteiger partial charge >= 0.3 is 0 Å². The van der Waals surface area contributed by atoms with E-state index in [4.69, 9.17) is 26.1 Å². The molecule has 2 heterocycles. The van der Waals surface area contributed by atoms with E-state index in [1.54, 1.807) is 6.07 Å². The van der Waals surface area contributed by atoms with Crippen molar-refractivity contribution in [3.8, 4) is 80.2 Å². The SMILES string of the molecule is N#Cc1c(-c2ccc(Oc3ccccc3)cc2)[nH]c(-c2cccc(Br)c2)cc1=O.N#Cc1c(Cl)cc(-c2cccc(Br)c2)nc1-c1ccc(Oc2ccccc2)cc1. The summed E-state index contributed by atoms with van der Waals surface area (Å²) >= 11 is 13.3. The number of benzene rings is 6. The van der Waals surface area contributed by atoms with Gasteiger partial charge in [-0.25, -0.2) is 4.98 Å². The fraction of sp³-hybridized carbons (Fsp3) is 0. The van der Waals surface area contributed by atoms with Crippen molar-refractivity contribution in [1.29, 1.82) is 10.5 Å². The van der Waals surface area contributed by atoms with Crippen LogP contribution in [0.1, 0.15) is 11.1 Å². The third-order valence-electron chi connectivity index (χ3n) is 8.71. The number of aromatic amines is 1. The molecule has 0 spiro atoms. The minimum absolute atomic E-state index is 0.0838. The Morgan fingerprint density at radius 2 is 1.03 bits per heavy atom. The molecule has 0 fully saturated rings. The van der Waals surface area contributed by atoms with E-state index in [0.717, 1.165) is 42.7 Å². The molecule has 10 heteroatoms. The molecule has 8 rings (SSSR count). The summed E-state index contributed by atoms with van der Waals surface area (Å²) in [6.07, 6.45) is 0. The second-order valence-corrected chi connectivity index (χ2v) is 14.9. The number of hydrogen-bond donors (Lipinski definition) is 1. The first-order valence-electron chi connectivity index (χ1n) is 17.7. The third kappa shape index (κ3) is 9.61. The van der Waals surface area contributed by atoms with Gasteiger partial charge in [0.1, 0.15) is 40.7 Å². The molecule has 0 saturated carbocycles. The monoisotopic (exact) mass is 902 g/mol. The summed E-state index contributed by atoms with van der Waals surface area (Å²) in [4.78, 5) is 20.5. The highest BCUT2D eigenvalue weighted by Crippen LogP contribution is 2.34. The quantitative estimate of drug-likeness (QED) is 0.163. The van der Waals surface area contributed by atoms with Crippen LogP contribution in [0.3, 0.4) is 0 Å². The Kier molecular flexibility index (Phi) is 12.6. The van der Waals surface area contributed by atoms with E-state index < -0.39 is 0 Å². The number of halogens is 3. The van der Waals surface area contributed by atoms with Gasteiger partial charge in [0.2, 0.25) is 5.43 Å². The second-order valence-electron chi connectivity index (χ2n) is 12.6. The van der Waals surface area contributed by atoms with Gasteiger partial charge in [-0.1, -0.05) is 104 Å². The topological polar surface area (TPSA) is 112 Å². The molecule has 0 amide bonds. The van der Waals surface area contributed by atoms with Crippen molar-refractivity contribution >= 4 is 43.5 Å². The third-order valence-corrected chi connectivity index (χ3v) is 10.00. The van der Waals surface area contributed by atoms with E-state index in [9.17, 15) is 15.3 Å². The fourth-order valence-corrected chi connectivity index (χ4v) is 6.98. The van der Waals surface area contributed by atoms with Crippen LogP contribution in [0.4, 0.5) is 0 Å². The number of rotatable bonds is 8. The molecule has 0 aliphatic rings. The molecule has 0 saturated heterocycles. The van der Waals surface area contributed by atoms with E-state index in [-0.39, 0.29) is 11.0 Å². The van der Waals surface area contributed by atoms with Crippen LogP contribution in [0.2, 0.25) is 5.02 Å². The van der Waals surface area contributed by atoms with Crippen LogP contribution in [0, 0.1) is 22.7 Å². The number of nitrogens with one attached hydrogen (secondary N) is 1. The van der Waals surface area contributed by atoms with Crippen molar-refractivity contribution in [2.45, 2.75) is 0 Å². The number of hydrogen-bond acceptors (Lipinski definition) is 6. The molecule has 0 unspecified atom stereocenters. The zero-order valence-corrected chi connectivity index (χ0v) is 34.3. The smallest absolute Gasteiger partial charge is 0.200 e. The van der Waals surface area contributed by atoms with Crippen molar-refractivity contribution in [1.82, 2.24) is 9.97 Å². The number of nitrogens with zero attached hydrogens (tertiary/aromatic N) is 3. The highest BCUT2D eigenvalue weighted by atomic mass is 79.9. The first-order chi connectivity index (χ1) is 28.3. The van der Waals surface area contributed by atoms with Gasteiger partial charge in [0, 0.05) is 31.8 Å². The van der Waals surface area contributed by atoms with Crippen molar-refractivity contribution in [3.63, 3.8) is 0 Å². The summed E-state index contributed by atoms with van der Waals surface area (Å²) in [6.45, 7) is 0. The van der Waals surface area contributed by atoms with Crippen LogP contribution in [-0.2, 0) is 0 Å². The number of ether oxygens (including phenoxy) is 2. The van der Waals surface area contributed by atoms with Gasteiger partial charge in [0.25, 0.3) is 0 Å². The lowest BCUT2D eigenvalue weighted by Gasteiger charge is -2.11. The highest BCUT2D eigenvalue weighted by Gasteiger charge is 2.16. The van der Waals surface area contributed by atoms with E-state index in [1.165, 1.54) is 6.07 Å². The molecule has 0 atom stereocenters. The molecule has 7 nitrogen and oxygen atoms in total. The molecule has 6 aromatic carbocycles. The number of pyridine rings is 2. The largest absolute Gasteiger partial charge is 0.457 e. The van der Waals surface area contributed by atoms with Gasteiger partial charge in [-0.15, -0.1) is 0 Å². The molecular weight excluding hydrogens is 876 g/mol. The minimum Gasteiger partial charge on any atom is -0.457 e. The summed E-state index contributed by atoms with van der Waals surface area (Å²) in [7, 11) is 0. The zero-order chi connectivity index (χ0) is 40.4. The van der Waals surface area contributed by atoms with Gasteiger partial charge in [-0.3, -0.25) is 4.79 Å². The molecule has 58 heavy (non-hydrogen) atoms. The second kappa shape index (κ2) is 18.5. The lowest BCUT2D eigenvalue weighted by molar-refractivity contribution is 0.482. The van der Waals surface area contributed by atoms with Gasteiger partial charge in [-0.05, 0) is 114 Å². The number of H-pyrrole nitrogens is 1. The summed E-state index contributed by atoms with van der Waals surface area (Å²) in [5, 5.41) is 19.5. The summed E-state index contributed by atoms with van der Waals surface area (Å²) in [6, 6.07) is 56.6. The first-order valence-corrected chi connectivity index (χ1v) is 19.7. The molecular formula is C48H29Br2ClN4O3. The van der Waals surface area contributed by atoms with Crippen LogP contribution in [0.15, 0.2) is 184 Å². The first kappa shape index (κ1) is 39.5. The zero-order valence-electron chi connectivity index (χ0n) is 30.4. The maximum Gasteiger partial charge on any atom is 0.200 e. The van der Waals surface area contributed by atoms with Gasteiger partial charge in [-0.2, -0.15) is 10.5 Å². The Bertz CT molecular complexity index is 2860. The molecule has 2 aromatic heterocycles. The van der Waals surface area contributed by atoms with Crippen molar-refractivity contribution in [3.05, 3.63) is 205 Å². The van der Waals surface area contributed by atoms with Crippen molar-refractivity contribution < 1.29 is 9.47 Å². The van der Waals surface area contributed by atoms with Gasteiger partial charge in [0.15, 0.2) is 0 Å². The van der Waals surface area contributed by atoms with E-state index in [1.807, 2.05) is 164 Å². The summed E-state index contributed by atoms with van der Waals surface area (Å²) in [5.41, 5.74) is 5.79. The maximum absolute atomic E-state index is 12.6. The van der Waals surface area contributed by atoms with Gasteiger partial charge in [0.05, 0.1) is 27.7 Å². The van der Waals surface area contributed by atoms with E-state index in [2.05, 4.69) is 42.9 Å². The molecule has 0 aliphatic carbocycles. The molecule has 0 aliphatic heterocycles. The fourth-order valence-electron chi connectivity index (χ4n) is 5.94. The Hall–Kier alpha value is -6.75. The minimum atomic E-state index is -0.319. The lowest BCUT2D eigenvalue weighted by Crippen LogP contribution is -2.09. The molecule has 1 N–H and O–H groups in total. The lowest BCUT2D eigenvalue weighted by atomic mass is 10.0. The Morgan fingerprint density at radius 1 is 0.534 bits per heavy atom. The maximum atomic E-state index is 12.6. The average Bonchev–Trinajstić information content (AvgIpc) is 3.25. The average molecular weight is 905 g/mol. The normalized spacial score (nSPS) is 10.4. The Labute approximate surface area is 356 Å². The van der Waals surface area contributed by atoms with Crippen LogP contribution < -0.4 is 14.9 Å². The molecule has 0 bridgehead atoms. The standard InChI is InChI=1S/C24H14BrClN2O.C24H15BrN2O2/c25-18-6-4-5-17(13-18)23-14-22(26)21(15-27)24(28-23)16-9-11-20(12-10-16)29-19-7-2-1-3-8-19;25-18-6-4-5-17(13-18)22-14-23(28)21(15-26)24(27-22)16-9-11-20(12-10-16)29-19-7-2-1-3-8-19/h1-14H;1-14H,(H,27,28). The van der Waals surface area contributed by atoms with Crippen molar-refractivity contribution in [2.75, 3.05) is 0 Å².